The second-order valence-electron chi connectivity index (χ2n) is 5.06. The molecule has 118 valence electrons. The number of fused-ring (bicyclic) bond motifs is 1. The molecule has 0 aliphatic carbocycles. The number of urea groups is 1. The summed E-state index contributed by atoms with van der Waals surface area (Å²) in [5.41, 5.74) is 2.71. The molecule has 23 heavy (non-hydrogen) atoms. The van der Waals surface area contributed by atoms with Crippen LogP contribution in [-0.4, -0.2) is 17.6 Å². The summed E-state index contributed by atoms with van der Waals surface area (Å²) < 4.78 is 5.74. The fraction of sp³-hybridized carbons (Fsp3) is 0.176. The lowest BCUT2D eigenvalue weighted by atomic mass is 10.2. The average molecular weight is 330 g/mol. The molecule has 1 aromatic heterocycles. The summed E-state index contributed by atoms with van der Waals surface area (Å²) >= 11 is 6.25. The van der Waals surface area contributed by atoms with E-state index in [2.05, 4.69) is 15.6 Å². The number of anilines is 1. The van der Waals surface area contributed by atoms with Crippen LogP contribution in [0.4, 0.5) is 10.5 Å². The lowest BCUT2D eigenvalue weighted by molar-refractivity contribution is 0.252. The number of halogens is 1. The highest BCUT2D eigenvalue weighted by Crippen LogP contribution is 2.32. The second-order valence-corrected chi connectivity index (χ2v) is 5.47. The molecule has 0 saturated heterocycles. The van der Waals surface area contributed by atoms with Crippen LogP contribution in [0.15, 0.2) is 46.9 Å². The number of nitrogens with zero attached hydrogens (tertiary/aromatic N) is 1. The first kappa shape index (κ1) is 15.4. The lowest BCUT2D eigenvalue weighted by Crippen LogP contribution is -2.29. The first-order valence-corrected chi connectivity index (χ1v) is 7.75. The number of hydrogen-bond donors (Lipinski definition) is 2. The van der Waals surface area contributed by atoms with Gasteiger partial charge in [0.25, 0.3) is 0 Å². The normalized spacial score (nSPS) is 10.7. The molecule has 1 heterocycles. The van der Waals surface area contributed by atoms with E-state index in [0.717, 1.165) is 11.9 Å². The van der Waals surface area contributed by atoms with Gasteiger partial charge in [-0.1, -0.05) is 30.7 Å². The molecular formula is C17H16ClN3O2. The van der Waals surface area contributed by atoms with Gasteiger partial charge in [-0.3, -0.25) is 0 Å². The molecule has 6 heteroatoms. The topological polar surface area (TPSA) is 67.2 Å². The third-order valence-corrected chi connectivity index (χ3v) is 3.61. The van der Waals surface area contributed by atoms with Crippen molar-refractivity contribution in [3.8, 4) is 11.5 Å². The van der Waals surface area contributed by atoms with Crippen molar-refractivity contribution in [2.75, 3.05) is 11.9 Å². The molecule has 0 unspecified atom stereocenters. The minimum atomic E-state index is -0.252. The first-order valence-electron chi connectivity index (χ1n) is 7.37. The third kappa shape index (κ3) is 3.46. The Hall–Kier alpha value is -2.53. The predicted molar refractivity (Wildman–Crippen MR) is 91.8 cm³/mol. The molecule has 0 saturated carbocycles. The Morgan fingerprint density at radius 3 is 2.87 bits per heavy atom. The van der Waals surface area contributed by atoms with E-state index >= 15 is 0 Å². The SMILES string of the molecule is CCCNC(=O)Nc1ccc(Cl)c(-c2nc3ccccc3o2)c1. The number of nitrogens with one attached hydrogen (secondary N) is 2. The van der Waals surface area contributed by atoms with Crippen molar-refractivity contribution in [2.45, 2.75) is 13.3 Å². The third-order valence-electron chi connectivity index (χ3n) is 3.28. The minimum Gasteiger partial charge on any atom is -0.436 e. The van der Waals surface area contributed by atoms with Gasteiger partial charge >= 0.3 is 6.03 Å². The van der Waals surface area contributed by atoms with Crippen molar-refractivity contribution < 1.29 is 9.21 Å². The van der Waals surface area contributed by atoms with Crippen molar-refractivity contribution >= 4 is 34.4 Å². The van der Waals surface area contributed by atoms with Crippen molar-refractivity contribution in [1.82, 2.24) is 10.3 Å². The Bertz CT molecular complexity index is 812. The molecule has 0 bridgehead atoms. The standard InChI is InChI=1S/C17H16ClN3O2/c1-2-9-19-17(22)20-11-7-8-13(18)12(10-11)16-21-14-5-3-4-6-15(14)23-16/h3-8,10H,2,9H2,1H3,(H2,19,20,22). The molecule has 5 nitrogen and oxygen atoms in total. The monoisotopic (exact) mass is 329 g/mol. The quantitative estimate of drug-likeness (QED) is 0.730. The summed E-state index contributed by atoms with van der Waals surface area (Å²) in [6.07, 6.45) is 0.877. The molecule has 0 aliphatic heterocycles. The van der Waals surface area contributed by atoms with Crippen molar-refractivity contribution in [1.29, 1.82) is 0 Å². The molecule has 0 aliphatic rings. The molecule has 2 N–H and O–H groups in total. The Labute approximate surface area is 138 Å². The summed E-state index contributed by atoms with van der Waals surface area (Å²) in [6, 6.07) is 12.4. The van der Waals surface area contributed by atoms with E-state index in [9.17, 15) is 4.79 Å². The van der Waals surface area contributed by atoms with E-state index in [4.69, 9.17) is 16.0 Å². The van der Waals surface area contributed by atoms with Crippen LogP contribution < -0.4 is 10.6 Å². The predicted octanol–water partition coefficient (Wildman–Crippen LogP) is 4.68. The van der Waals surface area contributed by atoms with Crippen LogP contribution in [-0.2, 0) is 0 Å². The van der Waals surface area contributed by atoms with Gasteiger partial charge in [0, 0.05) is 12.2 Å². The van der Waals surface area contributed by atoms with E-state index < -0.39 is 0 Å². The van der Waals surface area contributed by atoms with Crippen LogP contribution in [0.25, 0.3) is 22.6 Å². The van der Waals surface area contributed by atoms with E-state index in [1.54, 1.807) is 18.2 Å². The van der Waals surface area contributed by atoms with E-state index in [1.807, 2.05) is 31.2 Å². The fourth-order valence-electron chi connectivity index (χ4n) is 2.17. The van der Waals surface area contributed by atoms with Gasteiger partial charge in [0.15, 0.2) is 5.58 Å². The Morgan fingerprint density at radius 1 is 1.26 bits per heavy atom. The summed E-state index contributed by atoms with van der Waals surface area (Å²) in [5.74, 6) is 0.425. The van der Waals surface area contributed by atoms with Crippen LogP contribution >= 0.6 is 11.6 Å². The zero-order valence-electron chi connectivity index (χ0n) is 12.6. The lowest BCUT2D eigenvalue weighted by Gasteiger charge is -2.08. The smallest absolute Gasteiger partial charge is 0.319 e. The number of amides is 2. The van der Waals surface area contributed by atoms with E-state index in [-0.39, 0.29) is 6.03 Å². The number of hydrogen-bond acceptors (Lipinski definition) is 3. The Morgan fingerprint density at radius 2 is 2.09 bits per heavy atom. The van der Waals surface area contributed by atoms with Crippen molar-refractivity contribution in [2.24, 2.45) is 0 Å². The second kappa shape index (κ2) is 6.71. The number of aromatic nitrogens is 1. The van der Waals surface area contributed by atoms with Gasteiger partial charge in [0.2, 0.25) is 5.89 Å². The maximum absolute atomic E-state index is 11.8. The summed E-state index contributed by atoms with van der Waals surface area (Å²) in [7, 11) is 0. The minimum absolute atomic E-state index is 0.252. The number of benzene rings is 2. The summed E-state index contributed by atoms with van der Waals surface area (Å²) in [6.45, 7) is 2.62. The molecular weight excluding hydrogens is 314 g/mol. The van der Waals surface area contributed by atoms with Crippen LogP contribution in [0.2, 0.25) is 5.02 Å². The summed E-state index contributed by atoms with van der Waals surface area (Å²) in [5, 5.41) is 6.03. The number of para-hydroxylation sites is 2. The molecule has 0 radical (unpaired) electrons. The van der Waals surface area contributed by atoms with Gasteiger partial charge in [-0.05, 0) is 36.8 Å². The number of carbonyl (C=O) groups excluding carboxylic acids is 1. The van der Waals surface area contributed by atoms with Crippen molar-refractivity contribution in [3.05, 3.63) is 47.5 Å². The maximum Gasteiger partial charge on any atom is 0.319 e. The summed E-state index contributed by atoms with van der Waals surface area (Å²) in [4.78, 5) is 16.2. The zero-order chi connectivity index (χ0) is 16.2. The Kier molecular flexibility index (Phi) is 4.48. The van der Waals surface area contributed by atoms with Gasteiger partial charge in [-0.25, -0.2) is 9.78 Å². The molecule has 3 rings (SSSR count). The van der Waals surface area contributed by atoms with Gasteiger partial charge in [0.1, 0.15) is 5.52 Å². The van der Waals surface area contributed by atoms with E-state index in [0.29, 0.717) is 34.3 Å². The highest BCUT2D eigenvalue weighted by molar-refractivity contribution is 6.33. The van der Waals surface area contributed by atoms with Crippen LogP contribution in [0, 0.1) is 0 Å². The molecule has 0 fully saturated rings. The highest BCUT2D eigenvalue weighted by atomic mass is 35.5. The van der Waals surface area contributed by atoms with Crippen LogP contribution in [0.1, 0.15) is 13.3 Å². The molecule has 2 amide bonds. The first-order chi connectivity index (χ1) is 11.2. The fourth-order valence-corrected chi connectivity index (χ4v) is 2.37. The maximum atomic E-state index is 11.8. The molecule has 0 spiro atoms. The number of rotatable bonds is 4. The molecule has 0 atom stereocenters. The largest absolute Gasteiger partial charge is 0.436 e. The van der Waals surface area contributed by atoms with Gasteiger partial charge in [-0.15, -0.1) is 0 Å². The van der Waals surface area contributed by atoms with Gasteiger partial charge in [-0.2, -0.15) is 0 Å². The zero-order valence-corrected chi connectivity index (χ0v) is 13.4. The van der Waals surface area contributed by atoms with E-state index in [1.165, 1.54) is 0 Å². The van der Waals surface area contributed by atoms with Gasteiger partial charge in [0.05, 0.1) is 10.6 Å². The molecule has 3 aromatic rings. The number of carbonyl (C=O) groups is 1. The van der Waals surface area contributed by atoms with Crippen molar-refractivity contribution in [3.63, 3.8) is 0 Å². The average Bonchev–Trinajstić information content (AvgIpc) is 2.98. The number of oxazole rings is 1. The van der Waals surface area contributed by atoms with Crippen LogP contribution in [0.3, 0.4) is 0 Å². The highest BCUT2D eigenvalue weighted by Gasteiger charge is 2.13. The Balaban J connectivity index is 1.89. The van der Waals surface area contributed by atoms with Crippen LogP contribution in [0.5, 0.6) is 0 Å². The molecule has 2 aromatic carbocycles. The van der Waals surface area contributed by atoms with Gasteiger partial charge < -0.3 is 15.1 Å².